The molecule has 0 spiro atoms. The van der Waals surface area contributed by atoms with Crippen LogP contribution in [0.3, 0.4) is 0 Å². The molecule has 0 radical (unpaired) electrons. The molecule has 1 aliphatic rings. The fraction of sp³-hybridized carbons (Fsp3) is 0.267. The SMILES string of the molecule is CCC1C(=O)NC(=O)CN1C(=O)c1cc2ccccc2[nH]1. The maximum absolute atomic E-state index is 12.6. The van der Waals surface area contributed by atoms with Crippen LogP contribution in [0, 0.1) is 0 Å². The number of benzene rings is 1. The Balaban J connectivity index is 1.95. The highest BCUT2D eigenvalue weighted by Crippen LogP contribution is 2.18. The van der Waals surface area contributed by atoms with Gasteiger partial charge in [0.2, 0.25) is 11.8 Å². The van der Waals surface area contributed by atoms with Crippen LogP contribution in [-0.4, -0.2) is 40.2 Å². The van der Waals surface area contributed by atoms with Crippen LogP contribution in [0.25, 0.3) is 10.9 Å². The second kappa shape index (κ2) is 5.05. The topological polar surface area (TPSA) is 82.3 Å². The predicted octanol–water partition coefficient (Wildman–Crippen LogP) is 1.05. The lowest BCUT2D eigenvalue weighted by Crippen LogP contribution is -2.59. The van der Waals surface area contributed by atoms with Crippen molar-refractivity contribution in [1.82, 2.24) is 15.2 Å². The lowest BCUT2D eigenvalue weighted by Gasteiger charge is -2.33. The number of hydrogen-bond acceptors (Lipinski definition) is 3. The molecule has 1 aromatic heterocycles. The molecule has 0 bridgehead atoms. The number of carbonyl (C=O) groups excluding carboxylic acids is 3. The summed E-state index contributed by atoms with van der Waals surface area (Å²) in [5.74, 6) is -1.20. The Bertz CT molecular complexity index is 702. The zero-order valence-corrected chi connectivity index (χ0v) is 11.6. The first kappa shape index (κ1) is 13.4. The van der Waals surface area contributed by atoms with Gasteiger partial charge in [-0.25, -0.2) is 0 Å². The van der Waals surface area contributed by atoms with Crippen molar-refractivity contribution in [3.63, 3.8) is 0 Å². The van der Waals surface area contributed by atoms with Gasteiger partial charge in [-0.2, -0.15) is 0 Å². The summed E-state index contributed by atoms with van der Waals surface area (Å²) >= 11 is 0. The first-order valence-electron chi connectivity index (χ1n) is 6.82. The van der Waals surface area contributed by atoms with Crippen molar-refractivity contribution in [2.75, 3.05) is 6.54 Å². The number of H-pyrrole nitrogens is 1. The van der Waals surface area contributed by atoms with Gasteiger partial charge < -0.3 is 9.88 Å². The third-order valence-electron chi connectivity index (χ3n) is 3.66. The molecule has 2 heterocycles. The van der Waals surface area contributed by atoms with Crippen LogP contribution in [0.1, 0.15) is 23.8 Å². The molecular weight excluding hydrogens is 270 g/mol. The van der Waals surface area contributed by atoms with Crippen LogP contribution in [0.4, 0.5) is 0 Å². The van der Waals surface area contributed by atoms with Crippen molar-refractivity contribution in [3.05, 3.63) is 36.0 Å². The first-order chi connectivity index (χ1) is 10.1. The Hall–Kier alpha value is -2.63. The maximum atomic E-state index is 12.6. The second-order valence-electron chi connectivity index (χ2n) is 5.04. The van der Waals surface area contributed by atoms with Crippen molar-refractivity contribution in [2.24, 2.45) is 0 Å². The summed E-state index contributed by atoms with van der Waals surface area (Å²) in [7, 11) is 0. The van der Waals surface area contributed by atoms with Crippen molar-refractivity contribution < 1.29 is 14.4 Å². The van der Waals surface area contributed by atoms with E-state index < -0.39 is 17.9 Å². The molecule has 21 heavy (non-hydrogen) atoms. The van der Waals surface area contributed by atoms with Gasteiger partial charge in [-0.15, -0.1) is 0 Å². The number of fused-ring (bicyclic) bond motifs is 1. The van der Waals surface area contributed by atoms with Gasteiger partial charge in [0, 0.05) is 10.9 Å². The van der Waals surface area contributed by atoms with Gasteiger partial charge in [-0.1, -0.05) is 25.1 Å². The summed E-state index contributed by atoms with van der Waals surface area (Å²) in [6.45, 7) is 1.71. The Morgan fingerprint density at radius 1 is 1.33 bits per heavy atom. The zero-order chi connectivity index (χ0) is 15.0. The largest absolute Gasteiger partial charge is 0.351 e. The minimum absolute atomic E-state index is 0.0988. The molecule has 3 amide bonds. The summed E-state index contributed by atoms with van der Waals surface area (Å²) in [6, 6.07) is 8.66. The molecule has 2 N–H and O–H groups in total. The molecule has 0 saturated carbocycles. The van der Waals surface area contributed by atoms with Crippen LogP contribution >= 0.6 is 0 Å². The lowest BCUT2D eigenvalue weighted by atomic mass is 10.1. The van der Waals surface area contributed by atoms with Gasteiger partial charge in [0.25, 0.3) is 5.91 Å². The van der Waals surface area contributed by atoms with Gasteiger partial charge >= 0.3 is 0 Å². The van der Waals surface area contributed by atoms with E-state index in [4.69, 9.17) is 0 Å². The summed E-state index contributed by atoms with van der Waals surface area (Å²) in [5.41, 5.74) is 1.24. The number of aromatic amines is 1. The minimum Gasteiger partial charge on any atom is -0.351 e. The third kappa shape index (κ3) is 2.29. The predicted molar refractivity (Wildman–Crippen MR) is 76.6 cm³/mol. The maximum Gasteiger partial charge on any atom is 0.271 e. The van der Waals surface area contributed by atoms with E-state index in [0.717, 1.165) is 10.9 Å². The van der Waals surface area contributed by atoms with Crippen LogP contribution in [0.15, 0.2) is 30.3 Å². The highest BCUT2D eigenvalue weighted by molar-refractivity contribution is 6.07. The number of para-hydroxylation sites is 1. The summed E-state index contributed by atoms with van der Waals surface area (Å²) in [4.78, 5) is 40.3. The summed E-state index contributed by atoms with van der Waals surface area (Å²) in [5, 5.41) is 3.18. The summed E-state index contributed by atoms with van der Waals surface area (Å²) in [6.07, 6.45) is 0.463. The minimum atomic E-state index is -0.610. The number of nitrogens with zero attached hydrogens (tertiary/aromatic N) is 1. The Morgan fingerprint density at radius 3 is 2.81 bits per heavy atom. The fourth-order valence-corrected chi connectivity index (χ4v) is 2.63. The Kier molecular flexibility index (Phi) is 3.21. The quantitative estimate of drug-likeness (QED) is 0.809. The fourth-order valence-electron chi connectivity index (χ4n) is 2.63. The molecule has 6 nitrogen and oxygen atoms in total. The van der Waals surface area contributed by atoms with Crippen molar-refractivity contribution >= 4 is 28.6 Å². The van der Waals surface area contributed by atoms with E-state index >= 15 is 0 Å². The molecule has 1 fully saturated rings. The average Bonchev–Trinajstić information content (AvgIpc) is 2.89. The monoisotopic (exact) mass is 285 g/mol. The molecule has 1 aliphatic heterocycles. The molecule has 0 aliphatic carbocycles. The smallest absolute Gasteiger partial charge is 0.271 e. The third-order valence-corrected chi connectivity index (χ3v) is 3.66. The number of aromatic nitrogens is 1. The lowest BCUT2D eigenvalue weighted by molar-refractivity contribution is -0.138. The Morgan fingerprint density at radius 2 is 2.10 bits per heavy atom. The van der Waals surface area contributed by atoms with E-state index in [2.05, 4.69) is 10.3 Å². The van der Waals surface area contributed by atoms with E-state index in [1.54, 1.807) is 6.07 Å². The molecule has 1 unspecified atom stereocenters. The average molecular weight is 285 g/mol. The molecule has 1 saturated heterocycles. The van der Waals surface area contributed by atoms with Gasteiger partial charge in [0.15, 0.2) is 0 Å². The van der Waals surface area contributed by atoms with Gasteiger partial charge in [-0.05, 0) is 18.6 Å². The number of imide groups is 1. The highest BCUT2D eigenvalue weighted by Gasteiger charge is 2.36. The van der Waals surface area contributed by atoms with E-state index in [1.807, 2.05) is 31.2 Å². The van der Waals surface area contributed by atoms with Crippen molar-refractivity contribution in [2.45, 2.75) is 19.4 Å². The van der Waals surface area contributed by atoms with Crippen LogP contribution in [-0.2, 0) is 9.59 Å². The normalized spacial score (nSPS) is 18.9. The molecule has 2 aromatic rings. The molecular formula is C15H15N3O3. The molecule has 1 aromatic carbocycles. The van der Waals surface area contributed by atoms with Gasteiger partial charge in [-0.3, -0.25) is 19.7 Å². The van der Waals surface area contributed by atoms with Crippen molar-refractivity contribution in [3.8, 4) is 0 Å². The van der Waals surface area contributed by atoms with E-state index in [9.17, 15) is 14.4 Å². The van der Waals surface area contributed by atoms with Crippen molar-refractivity contribution in [1.29, 1.82) is 0 Å². The molecule has 6 heteroatoms. The second-order valence-corrected chi connectivity index (χ2v) is 5.04. The van der Waals surface area contributed by atoms with Crippen LogP contribution in [0.5, 0.6) is 0 Å². The van der Waals surface area contributed by atoms with E-state index in [0.29, 0.717) is 12.1 Å². The number of rotatable bonds is 2. The number of hydrogen-bond donors (Lipinski definition) is 2. The van der Waals surface area contributed by atoms with E-state index in [1.165, 1.54) is 4.90 Å². The highest BCUT2D eigenvalue weighted by atomic mass is 16.2. The molecule has 108 valence electrons. The number of nitrogens with one attached hydrogen (secondary N) is 2. The number of carbonyl (C=O) groups is 3. The summed E-state index contributed by atoms with van der Waals surface area (Å²) < 4.78 is 0. The standard InChI is InChI=1S/C15H15N3O3/c1-2-12-14(20)17-13(19)8-18(12)15(21)11-7-9-5-3-4-6-10(9)16-11/h3-7,12,16H,2,8H2,1H3,(H,17,19,20). The number of piperazine rings is 1. The van der Waals surface area contributed by atoms with Crippen LogP contribution < -0.4 is 5.32 Å². The Labute approximate surface area is 121 Å². The number of amides is 3. The molecule has 3 rings (SSSR count). The zero-order valence-electron chi connectivity index (χ0n) is 11.6. The molecule has 1 atom stereocenters. The van der Waals surface area contributed by atoms with Gasteiger partial charge in [0.05, 0.1) is 0 Å². The van der Waals surface area contributed by atoms with Crippen LogP contribution in [0.2, 0.25) is 0 Å². The van der Waals surface area contributed by atoms with Gasteiger partial charge in [0.1, 0.15) is 18.3 Å². The van der Waals surface area contributed by atoms with E-state index in [-0.39, 0.29) is 12.5 Å². The first-order valence-corrected chi connectivity index (χ1v) is 6.82.